The molecule has 1 saturated heterocycles. The number of hydrogen-bond acceptors (Lipinski definition) is 6. The van der Waals surface area contributed by atoms with Gasteiger partial charge in [-0.05, 0) is 57.0 Å². The van der Waals surface area contributed by atoms with E-state index in [9.17, 15) is 9.59 Å². The molecule has 2 aliphatic heterocycles. The van der Waals surface area contributed by atoms with E-state index in [1.165, 1.54) is 25.3 Å². The molecule has 6 rings (SSSR count). The number of hydrazone groups is 1. The minimum absolute atomic E-state index is 0.0626. The van der Waals surface area contributed by atoms with Crippen molar-refractivity contribution in [2.24, 2.45) is 16.9 Å². The zero-order chi connectivity index (χ0) is 32.4. The number of carbonyl (C=O) groups excluding carboxylic acids is 2. The zero-order valence-electron chi connectivity index (χ0n) is 27.4. The van der Waals surface area contributed by atoms with Gasteiger partial charge in [0.1, 0.15) is 12.5 Å². The summed E-state index contributed by atoms with van der Waals surface area (Å²) in [7, 11) is 4.16. The summed E-state index contributed by atoms with van der Waals surface area (Å²) < 4.78 is 15.1. The first kappa shape index (κ1) is 32.0. The van der Waals surface area contributed by atoms with E-state index in [0.717, 1.165) is 66.1 Å². The van der Waals surface area contributed by atoms with Gasteiger partial charge in [0.25, 0.3) is 5.91 Å². The Labute approximate surface area is 272 Å². The fourth-order valence-electron chi connectivity index (χ4n) is 6.53. The van der Waals surface area contributed by atoms with Crippen molar-refractivity contribution in [2.75, 3.05) is 60.0 Å². The van der Waals surface area contributed by atoms with Gasteiger partial charge in [-0.25, -0.2) is 9.40 Å². The second-order valence-corrected chi connectivity index (χ2v) is 13.6. The standard InChI is InChI=1S/C37H47FN6O2/c1-26(22-28-8-7-9-28)43(17-16-40(3)4)25-44-27(2)31-10-5-6-11-32(31)35(39-44)24-29-12-15-34(38)33(23-29)37(46)42-20-18-41(19-21-42)36(45)30-13-14-30/h5-6,10-12,15,23,28,30H,1-2,7-9,13-14,16-22,24-25H2,3-4H3. The molecule has 0 bridgehead atoms. The van der Waals surface area contributed by atoms with Gasteiger partial charge in [-0.3, -0.25) is 9.59 Å². The molecule has 2 aromatic carbocycles. The highest BCUT2D eigenvalue weighted by atomic mass is 19.1. The molecular formula is C37H47FN6O2. The van der Waals surface area contributed by atoms with Crippen molar-refractivity contribution in [3.63, 3.8) is 0 Å². The number of nitrogens with zero attached hydrogens (tertiary/aromatic N) is 6. The molecule has 4 aliphatic rings. The lowest BCUT2D eigenvalue weighted by atomic mass is 9.82. The predicted molar refractivity (Wildman–Crippen MR) is 180 cm³/mol. The molecule has 0 unspecified atom stereocenters. The Balaban J connectivity index is 1.20. The minimum Gasteiger partial charge on any atom is -0.355 e. The molecule has 46 heavy (non-hydrogen) atoms. The Hall–Kier alpha value is -3.98. The van der Waals surface area contributed by atoms with E-state index < -0.39 is 5.82 Å². The van der Waals surface area contributed by atoms with E-state index >= 15 is 4.39 Å². The molecule has 3 fully saturated rings. The topological polar surface area (TPSA) is 62.7 Å². The van der Waals surface area contributed by atoms with E-state index in [1.807, 2.05) is 28.1 Å². The van der Waals surface area contributed by atoms with Crippen LogP contribution in [-0.2, 0) is 11.2 Å². The fraction of sp³-hybridized carbons (Fsp3) is 0.486. The molecular weight excluding hydrogens is 579 g/mol. The number of amides is 2. The van der Waals surface area contributed by atoms with Crippen molar-refractivity contribution in [3.8, 4) is 0 Å². The number of likely N-dealkylation sites (N-methyl/N-ethyl adjacent to an activating group) is 1. The SMILES string of the molecule is C=C(CC1CCC1)N(CCN(C)C)CN1N=C(Cc2ccc(F)c(C(=O)N3CCN(C(=O)C4CC4)CC3)c2)c2ccccc2C1=C. The van der Waals surface area contributed by atoms with Gasteiger partial charge in [0.05, 0.1) is 17.0 Å². The van der Waals surface area contributed by atoms with Gasteiger partial charge < -0.3 is 19.6 Å². The molecule has 0 atom stereocenters. The van der Waals surface area contributed by atoms with Gasteiger partial charge in [0, 0.05) is 68.4 Å². The second-order valence-electron chi connectivity index (χ2n) is 13.6. The molecule has 2 aliphatic carbocycles. The second kappa shape index (κ2) is 13.8. The third kappa shape index (κ3) is 7.20. The van der Waals surface area contributed by atoms with Crippen LogP contribution in [0.3, 0.4) is 0 Å². The first-order valence-electron chi connectivity index (χ1n) is 16.8. The summed E-state index contributed by atoms with van der Waals surface area (Å²) in [5.41, 5.74) is 5.69. The van der Waals surface area contributed by atoms with Crippen LogP contribution in [0.25, 0.3) is 5.70 Å². The maximum atomic E-state index is 15.1. The number of hydrogen-bond donors (Lipinski definition) is 0. The van der Waals surface area contributed by atoms with Crippen molar-refractivity contribution in [1.82, 2.24) is 24.6 Å². The number of fused-ring (bicyclic) bond motifs is 1. The molecule has 0 radical (unpaired) electrons. The maximum Gasteiger partial charge on any atom is 0.256 e. The molecule has 2 aromatic rings. The Morgan fingerprint density at radius 3 is 2.30 bits per heavy atom. The fourth-order valence-corrected chi connectivity index (χ4v) is 6.53. The number of carbonyl (C=O) groups is 2. The molecule has 2 amide bonds. The van der Waals surface area contributed by atoms with Gasteiger partial charge in [-0.15, -0.1) is 0 Å². The molecule has 0 spiro atoms. The first-order valence-corrected chi connectivity index (χ1v) is 16.8. The van der Waals surface area contributed by atoms with Gasteiger partial charge >= 0.3 is 0 Å². The van der Waals surface area contributed by atoms with Crippen LogP contribution in [0.2, 0.25) is 0 Å². The van der Waals surface area contributed by atoms with E-state index in [1.54, 1.807) is 17.0 Å². The molecule has 2 heterocycles. The van der Waals surface area contributed by atoms with Crippen molar-refractivity contribution in [1.29, 1.82) is 0 Å². The van der Waals surface area contributed by atoms with Crippen molar-refractivity contribution < 1.29 is 14.0 Å². The Bertz CT molecular complexity index is 1520. The summed E-state index contributed by atoms with van der Waals surface area (Å²) in [6.07, 6.45) is 7.20. The van der Waals surface area contributed by atoms with Crippen LogP contribution in [0.4, 0.5) is 4.39 Å². The number of allylic oxidation sites excluding steroid dienone is 1. The van der Waals surface area contributed by atoms with Crippen LogP contribution in [0.15, 0.2) is 66.4 Å². The van der Waals surface area contributed by atoms with Crippen LogP contribution >= 0.6 is 0 Å². The highest BCUT2D eigenvalue weighted by Crippen LogP contribution is 2.34. The molecule has 0 aromatic heterocycles. The molecule has 8 nitrogen and oxygen atoms in total. The average Bonchev–Trinajstić information content (AvgIpc) is 3.89. The lowest BCUT2D eigenvalue weighted by molar-refractivity contribution is -0.134. The number of rotatable bonds is 12. The highest BCUT2D eigenvalue weighted by Gasteiger charge is 2.35. The minimum atomic E-state index is -0.535. The van der Waals surface area contributed by atoms with Crippen molar-refractivity contribution in [3.05, 3.63) is 89.4 Å². The van der Waals surface area contributed by atoms with E-state index in [2.05, 4.69) is 43.1 Å². The molecule has 0 N–H and O–H groups in total. The normalized spacial score (nSPS) is 18.3. The van der Waals surface area contributed by atoms with Crippen molar-refractivity contribution >= 4 is 23.2 Å². The van der Waals surface area contributed by atoms with E-state index in [-0.39, 0.29) is 23.3 Å². The molecule has 2 saturated carbocycles. The third-order valence-electron chi connectivity index (χ3n) is 9.86. The van der Waals surface area contributed by atoms with Crippen LogP contribution in [0.5, 0.6) is 0 Å². The lowest BCUT2D eigenvalue weighted by Gasteiger charge is -2.38. The van der Waals surface area contributed by atoms with Crippen molar-refractivity contribution in [2.45, 2.75) is 44.9 Å². The Morgan fingerprint density at radius 1 is 0.957 bits per heavy atom. The summed E-state index contributed by atoms with van der Waals surface area (Å²) in [4.78, 5) is 34.0. The summed E-state index contributed by atoms with van der Waals surface area (Å²) in [5.74, 6) is 0.190. The lowest BCUT2D eigenvalue weighted by Crippen LogP contribution is -2.51. The number of piperazine rings is 1. The number of halogens is 1. The third-order valence-corrected chi connectivity index (χ3v) is 9.86. The van der Waals surface area contributed by atoms with Crippen LogP contribution in [-0.4, -0.2) is 102 Å². The Kier molecular flexibility index (Phi) is 9.59. The average molecular weight is 627 g/mol. The van der Waals surface area contributed by atoms with Crippen LogP contribution in [0, 0.1) is 17.7 Å². The zero-order valence-corrected chi connectivity index (χ0v) is 27.4. The monoisotopic (exact) mass is 626 g/mol. The van der Waals surface area contributed by atoms with E-state index in [0.29, 0.717) is 45.2 Å². The Morgan fingerprint density at radius 2 is 1.65 bits per heavy atom. The van der Waals surface area contributed by atoms with Gasteiger partial charge in [-0.2, -0.15) is 5.10 Å². The summed E-state index contributed by atoms with van der Waals surface area (Å²) in [6, 6.07) is 12.9. The van der Waals surface area contributed by atoms with E-state index in [4.69, 9.17) is 5.10 Å². The summed E-state index contributed by atoms with van der Waals surface area (Å²) >= 11 is 0. The smallest absolute Gasteiger partial charge is 0.256 e. The first-order chi connectivity index (χ1) is 22.2. The number of benzene rings is 2. The van der Waals surface area contributed by atoms with Gasteiger partial charge in [0.2, 0.25) is 5.91 Å². The largest absolute Gasteiger partial charge is 0.355 e. The quantitative estimate of drug-likeness (QED) is 0.321. The predicted octanol–water partition coefficient (Wildman–Crippen LogP) is 5.28. The maximum absolute atomic E-state index is 15.1. The summed E-state index contributed by atoms with van der Waals surface area (Å²) in [6.45, 7) is 13.0. The summed E-state index contributed by atoms with van der Waals surface area (Å²) in [5, 5.41) is 7.09. The van der Waals surface area contributed by atoms with Crippen LogP contribution < -0.4 is 0 Å². The van der Waals surface area contributed by atoms with Crippen LogP contribution in [0.1, 0.15) is 65.6 Å². The highest BCUT2D eigenvalue weighted by molar-refractivity contribution is 6.07. The molecule has 244 valence electrons. The van der Waals surface area contributed by atoms with Gasteiger partial charge in [-0.1, -0.05) is 62.8 Å². The van der Waals surface area contributed by atoms with Gasteiger partial charge in [0.15, 0.2) is 0 Å². The molecule has 9 heteroatoms.